The number of aromatic nitrogens is 1. The van der Waals surface area contributed by atoms with E-state index in [1.165, 1.54) is 5.56 Å². The van der Waals surface area contributed by atoms with Crippen molar-refractivity contribution in [3.8, 4) is 0 Å². The molecule has 0 amide bonds. The molecule has 1 saturated heterocycles. The lowest BCUT2D eigenvalue weighted by Gasteiger charge is -2.39. The molecule has 2 rings (SSSR count). The highest BCUT2D eigenvalue weighted by atomic mass is 15.3. The van der Waals surface area contributed by atoms with Crippen LogP contribution in [0.4, 0.5) is 5.82 Å². The van der Waals surface area contributed by atoms with Crippen molar-refractivity contribution < 1.29 is 0 Å². The van der Waals surface area contributed by atoms with E-state index in [4.69, 9.17) is 4.98 Å². The van der Waals surface area contributed by atoms with Crippen molar-refractivity contribution in [3.63, 3.8) is 0 Å². The van der Waals surface area contributed by atoms with E-state index >= 15 is 0 Å². The summed E-state index contributed by atoms with van der Waals surface area (Å²) in [6.07, 6.45) is 0. The molecule has 0 bridgehead atoms. The number of anilines is 1. The van der Waals surface area contributed by atoms with Gasteiger partial charge in [0.25, 0.3) is 0 Å². The van der Waals surface area contributed by atoms with Crippen LogP contribution in [-0.4, -0.2) is 48.1 Å². The summed E-state index contributed by atoms with van der Waals surface area (Å²) in [5, 5.41) is 3.53. The quantitative estimate of drug-likeness (QED) is 0.926. The Morgan fingerprint density at radius 1 is 1.29 bits per heavy atom. The number of piperazine rings is 1. The largest absolute Gasteiger partial charge is 0.351 e. The van der Waals surface area contributed by atoms with Crippen LogP contribution in [0.1, 0.15) is 39.0 Å². The Balaban J connectivity index is 2.08. The Kier molecular flexibility index (Phi) is 4.89. The van der Waals surface area contributed by atoms with Crippen LogP contribution in [0.15, 0.2) is 12.1 Å². The lowest BCUT2D eigenvalue weighted by molar-refractivity contribution is 0.274. The smallest absolute Gasteiger partial charge is 0.129 e. The van der Waals surface area contributed by atoms with E-state index in [0.29, 0.717) is 6.04 Å². The van der Waals surface area contributed by atoms with Crippen LogP contribution in [0, 0.1) is 6.92 Å². The second-order valence-corrected chi connectivity index (χ2v) is 7.32. The molecule has 0 saturated carbocycles. The van der Waals surface area contributed by atoms with Crippen molar-refractivity contribution in [2.24, 2.45) is 0 Å². The van der Waals surface area contributed by atoms with E-state index in [0.717, 1.165) is 37.7 Å². The van der Waals surface area contributed by atoms with Gasteiger partial charge in [-0.3, -0.25) is 0 Å². The van der Waals surface area contributed by atoms with Gasteiger partial charge in [-0.15, -0.1) is 0 Å². The second kappa shape index (κ2) is 6.32. The zero-order valence-electron chi connectivity index (χ0n) is 14.4. The molecule has 118 valence electrons. The molecule has 1 fully saturated rings. The van der Waals surface area contributed by atoms with Crippen molar-refractivity contribution in [3.05, 3.63) is 23.4 Å². The number of hydrogen-bond donors (Lipinski definition) is 1. The summed E-state index contributed by atoms with van der Waals surface area (Å²) in [7, 11) is 2.19. The van der Waals surface area contributed by atoms with Crippen LogP contribution < -0.4 is 10.2 Å². The minimum absolute atomic E-state index is 0.136. The highest BCUT2D eigenvalue weighted by molar-refractivity contribution is 5.43. The number of likely N-dealkylation sites (N-methyl/N-ethyl adjacent to an activating group) is 1. The van der Waals surface area contributed by atoms with Crippen LogP contribution in [-0.2, 0) is 6.54 Å². The van der Waals surface area contributed by atoms with Crippen molar-refractivity contribution in [2.75, 3.05) is 31.6 Å². The molecule has 0 spiro atoms. The summed E-state index contributed by atoms with van der Waals surface area (Å²) >= 11 is 0. The Bertz CT molecular complexity index is 478. The molecule has 0 aromatic carbocycles. The summed E-state index contributed by atoms with van der Waals surface area (Å²) in [5.74, 6) is 1.12. The van der Waals surface area contributed by atoms with Gasteiger partial charge in [0.2, 0.25) is 0 Å². The van der Waals surface area contributed by atoms with Crippen LogP contribution >= 0.6 is 0 Å². The zero-order valence-corrected chi connectivity index (χ0v) is 14.4. The van der Waals surface area contributed by atoms with Crippen LogP contribution in [0.2, 0.25) is 0 Å². The van der Waals surface area contributed by atoms with Gasteiger partial charge >= 0.3 is 0 Å². The molecule has 0 radical (unpaired) electrons. The number of nitrogens with one attached hydrogen (secondary N) is 1. The maximum atomic E-state index is 4.84. The number of aryl methyl sites for hydroxylation is 1. The third-order valence-electron chi connectivity index (χ3n) is 4.11. The predicted molar refractivity (Wildman–Crippen MR) is 89.9 cm³/mol. The first kappa shape index (κ1) is 16.2. The summed E-state index contributed by atoms with van der Waals surface area (Å²) < 4.78 is 0. The molecule has 1 aliphatic rings. The zero-order chi connectivity index (χ0) is 15.6. The van der Waals surface area contributed by atoms with Crippen molar-refractivity contribution in [2.45, 2.75) is 52.7 Å². The van der Waals surface area contributed by atoms with Gasteiger partial charge in [0.1, 0.15) is 5.82 Å². The third-order valence-corrected chi connectivity index (χ3v) is 4.11. The fourth-order valence-electron chi connectivity index (χ4n) is 2.76. The topological polar surface area (TPSA) is 31.4 Å². The molecule has 4 nitrogen and oxygen atoms in total. The minimum Gasteiger partial charge on any atom is -0.351 e. The van der Waals surface area contributed by atoms with Gasteiger partial charge in [-0.25, -0.2) is 4.98 Å². The summed E-state index contributed by atoms with van der Waals surface area (Å²) in [6.45, 7) is 15.1. The van der Waals surface area contributed by atoms with Crippen LogP contribution in [0.5, 0.6) is 0 Å². The highest BCUT2D eigenvalue weighted by Gasteiger charge is 2.22. The first-order valence-corrected chi connectivity index (χ1v) is 7.93. The monoisotopic (exact) mass is 290 g/mol. The number of hydrogen-bond acceptors (Lipinski definition) is 4. The standard InChI is InChI=1S/C17H30N4/c1-13-12-20(6)9-10-21(13)16-8-7-15(14(2)19-16)11-18-17(3,4)5/h7-8,13,18H,9-12H2,1-6H3. The van der Waals surface area contributed by atoms with Crippen molar-refractivity contribution >= 4 is 5.82 Å². The molecule has 1 aromatic rings. The molecule has 2 heterocycles. The van der Waals surface area contributed by atoms with E-state index in [-0.39, 0.29) is 5.54 Å². The molecular formula is C17H30N4. The fourth-order valence-corrected chi connectivity index (χ4v) is 2.76. The van der Waals surface area contributed by atoms with Gasteiger partial charge in [0, 0.05) is 43.5 Å². The maximum absolute atomic E-state index is 4.84. The lowest BCUT2D eigenvalue weighted by atomic mass is 10.1. The van der Waals surface area contributed by atoms with E-state index in [1.54, 1.807) is 0 Å². The molecule has 1 unspecified atom stereocenters. The molecule has 0 aliphatic carbocycles. The number of pyridine rings is 1. The summed E-state index contributed by atoms with van der Waals surface area (Å²) in [4.78, 5) is 9.65. The first-order valence-electron chi connectivity index (χ1n) is 7.93. The van der Waals surface area contributed by atoms with E-state index in [2.05, 4.69) is 68.9 Å². The normalized spacial score (nSPS) is 20.9. The fraction of sp³-hybridized carbons (Fsp3) is 0.706. The van der Waals surface area contributed by atoms with Crippen molar-refractivity contribution in [1.82, 2.24) is 15.2 Å². The van der Waals surface area contributed by atoms with Crippen molar-refractivity contribution in [1.29, 1.82) is 0 Å². The molecular weight excluding hydrogens is 260 g/mol. The molecule has 1 atom stereocenters. The Morgan fingerprint density at radius 3 is 2.57 bits per heavy atom. The van der Waals surface area contributed by atoms with Gasteiger partial charge in [0.05, 0.1) is 0 Å². The average Bonchev–Trinajstić information content (AvgIpc) is 2.36. The van der Waals surface area contributed by atoms with Gasteiger partial charge < -0.3 is 15.1 Å². The van der Waals surface area contributed by atoms with E-state index in [1.807, 2.05) is 0 Å². The summed E-state index contributed by atoms with van der Waals surface area (Å²) in [6, 6.07) is 4.92. The van der Waals surface area contributed by atoms with E-state index < -0.39 is 0 Å². The van der Waals surface area contributed by atoms with Crippen LogP contribution in [0.25, 0.3) is 0 Å². The number of nitrogens with zero attached hydrogens (tertiary/aromatic N) is 3. The summed E-state index contributed by atoms with van der Waals surface area (Å²) in [5.41, 5.74) is 2.56. The van der Waals surface area contributed by atoms with Gasteiger partial charge in [-0.1, -0.05) is 6.07 Å². The van der Waals surface area contributed by atoms with E-state index in [9.17, 15) is 0 Å². The molecule has 1 aliphatic heterocycles. The molecule has 21 heavy (non-hydrogen) atoms. The second-order valence-electron chi connectivity index (χ2n) is 7.32. The SMILES string of the molecule is Cc1nc(N2CCN(C)CC2C)ccc1CNC(C)(C)C. The molecule has 4 heteroatoms. The van der Waals surface area contributed by atoms with Gasteiger partial charge in [0.15, 0.2) is 0 Å². The lowest BCUT2D eigenvalue weighted by Crippen LogP contribution is -2.50. The van der Waals surface area contributed by atoms with Crippen LogP contribution in [0.3, 0.4) is 0 Å². The van der Waals surface area contributed by atoms with Gasteiger partial charge in [-0.2, -0.15) is 0 Å². The number of rotatable bonds is 3. The first-order chi connectivity index (χ1) is 9.76. The highest BCUT2D eigenvalue weighted by Crippen LogP contribution is 2.20. The Labute approximate surface area is 129 Å². The van der Waals surface area contributed by atoms with Gasteiger partial charge in [-0.05, 0) is 53.3 Å². The molecule has 1 N–H and O–H groups in total. The average molecular weight is 290 g/mol. The Hall–Kier alpha value is -1.13. The Morgan fingerprint density at radius 2 is 2.00 bits per heavy atom. The molecule has 1 aromatic heterocycles. The maximum Gasteiger partial charge on any atom is 0.129 e. The predicted octanol–water partition coefficient (Wildman–Crippen LogP) is 2.42. The third kappa shape index (κ3) is 4.42. The minimum atomic E-state index is 0.136.